The van der Waals surface area contributed by atoms with Crippen LogP contribution in [0.25, 0.3) is 21.3 Å². The molecule has 1 aliphatic heterocycles. The third kappa shape index (κ3) is 2.92. The van der Waals surface area contributed by atoms with Crippen LogP contribution in [-0.2, 0) is 0 Å². The van der Waals surface area contributed by atoms with Crippen molar-refractivity contribution in [3.63, 3.8) is 0 Å². The van der Waals surface area contributed by atoms with E-state index in [9.17, 15) is 0 Å². The van der Waals surface area contributed by atoms with Gasteiger partial charge >= 0.3 is 0 Å². The summed E-state index contributed by atoms with van der Waals surface area (Å²) < 4.78 is 6.47. The zero-order valence-electron chi connectivity index (χ0n) is 14.1. The van der Waals surface area contributed by atoms with E-state index in [2.05, 4.69) is 53.8 Å². The highest BCUT2D eigenvalue weighted by molar-refractivity contribution is 7.16. The minimum absolute atomic E-state index is 0.249. The van der Waals surface area contributed by atoms with Crippen molar-refractivity contribution in [3.8, 4) is 16.9 Å². The Morgan fingerprint density at radius 3 is 2.96 bits per heavy atom. The average molecular weight is 338 g/mol. The third-order valence-electron chi connectivity index (χ3n) is 4.61. The van der Waals surface area contributed by atoms with Gasteiger partial charge in [-0.05, 0) is 73.5 Å². The van der Waals surface area contributed by atoms with Crippen molar-refractivity contribution < 1.29 is 4.74 Å². The molecule has 124 valence electrons. The lowest BCUT2D eigenvalue weighted by Crippen LogP contribution is -2.37. The molecule has 1 N–H and O–H groups in total. The topological polar surface area (TPSA) is 34.1 Å². The SMILES string of the molecule is Cc1cc(C)c(O[C@H]2CCCNC2)c(-c2ccnc3sccc23)c1. The van der Waals surface area contributed by atoms with Crippen molar-refractivity contribution in [3.05, 3.63) is 47.0 Å². The predicted molar refractivity (Wildman–Crippen MR) is 101 cm³/mol. The summed E-state index contributed by atoms with van der Waals surface area (Å²) in [5.74, 6) is 1.02. The predicted octanol–water partition coefficient (Wildman–Crippen LogP) is 4.71. The number of piperidine rings is 1. The first-order chi connectivity index (χ1) is 11.7. The summed E-state index contributed by atoms with van der Waals surface area (Å²) in [7, 11) is 0. The van der Waals surface area contributed by atoms with Gasteiger partial charge in [0.05, 0.1) is 0 Å². The molecule has 24 heavy (non-hydrogen) atoms. The summed E-state index contributed by atoms with van der Waals surface area (Å²) in [4.78, 5) is 5.57. The van der Waals surface area contributed by atoms with Crippen LogP contribution in [0.15, 0.2) is 35.8 Å². The Balaban J connectivity index is 1.83. The maximum Gasteiger partial charge on any atom is 0.130 e. The standard InChI is InChI=1S/C20H22N2OS/c1-13-10-14(2)19(23-15-4-3-7-21-12-15)18(11-13)16-5-8-22-20-17(16)6-9-24-20/h5-6,8-11,15,21H,3-4,7,12H2,1-2H3/t15-/m0/s1. The van der Waals surface area contributed by atoms with Gasteiger partial charge in [0.25, 0.3) is 0 Å². The van der Waals surface area contributed by atoms with Crippen molar-refractivity contribution in [2.24, 2.45) is 0 Å². The second-order valence-electron chi connectivity index (χ2n) is 6.54. The molecule has 1 saturated heterocycles. The van der Waals surface area contributed by atoms with Crippen molar-refractivity contribution in [1.29, 1.82) is 0 Å². The van der Waals surface area contributed by atoms with Crippen LogP contribution in [0.5, 0.6) is 5.75 Å². The lowest BCUT2D eigenvalue weighted by atomic mass is 9.97. The minimum atomic E-state index is 0.249. The molecular weight excluding hydrogens is 316 g/mol. The van der Waals surface area contributed by atoms with Gasteiger partial charge in [0, 0.05) is 23.7 Å². The highest BCUT2D eigenvalue weighted by atomic mass is 32.1. The van der Waals surface area contributed by atoms with Crippen molar-refractivity contribution in [2.75, 3.05) is 13.1 Å². The van der Waals surface area contributed by atoms with Crippen LogP contribution in [0, 0.1) is 13.8 Å². The maximum absolute atomic E-state index is 6.47. The van der Waals surface area contributed by atoms with Crippen LogP contribution in [-0.4, -0.2) is 24.2 Å². The van der Waals surface area contributed by atoms with E-state index in [0.29, 0.717) is 0 Å². The normalized spacial score (nSPS) is 18.0. The highest BCUT2D eigenvalue weighted by Gasteiger charge is 2.19. The summed E-state index contributed by atoms with van der Waals surface area (Å²) in [5, 5.41) is 6.75. The van der Waals surface area contributed by atoms with Crippen LogP contribution in [0.4, 0.5) is 0 Å². The molecule has 1 aromatic carbocycles. The van der Waals surface area contributed by atoms with Gasteiger partial charge in [-0.15, -0.1) is 11.3 Å². The van der Waals surface area contributed by atoms with Gasteiger partial charge in [0.2, 0.25) is 0 Å². The Bertz CT molecular complexity index is 865. The fourth-order valence-electron chi connectivity index (χ4n) is 3.51. The van der Waals surface area contributed by atoms with E-state index in [1.807, 2.05) is 6.20 Å². The number of nitrogens with one attached hydrogen (secondary N) is 1. The number of ether oxygens (including phenoxy) is 1. The molecule has 3 aromatic rings. The van der Waals surface area contributed by atoms with Crippen molar-refractivity contribution >= 4 is 21.6 Å². The molecule has 0 radical (unpaired) electrons. The summed E-state index contributed by atoms with van der Waals surface area (Å²) >= 11 is 1.68. The molecule has 3 nitrogen and oxygen atoms in total. The fraction of sp³-hybridized carbons (Fsp3) is 0.350. The Hall–Kier alpha value is -1.91. The zero-order chi connectivity index (χ0) is 16.5. The van der Waals surface area contributed by atoms with Crippen LogP contribution < -0.4 is 10.1 Å². The Kier molecular flexibility index (Phi) is 4.25. The van der Waals surface area contributed by atoms with Crippen LogP contribution in [0.1, 0.15) is 24.0 Å². The number of nitrogens with zero attached hydrogens (tertiary/aromatic N) is 1. The average Bonchev–Trinajstić information content (AvgIpc) is 3.07. The van der Waals surface area contributed by atoms with Gasteiger partial charge in [0.1, 0.15) is 16.7 Å². The summed E-state index contributed by atoms with van der Waals surface area (Å²) in [6.45, 7) is 6.32. The molecule has 0 saturated carbocycles. The Morgan fingerprint density at radius 2 is 2.12 bits per heavy atom. The van der Waals surface area contributed by atoms with Gasteiger partial charge in [-0.1, -0.05) is 6.07 Å². The van der Waals surface area contributed by atoms with Gasteiger partial charge < -0.3 is 10.1 Å². The van der Waals surface area contributed by atoms with E-state index in [-0.39, 0.29) is 6.10 Å². The highest BCUT2D eigenvalue weighted by Crippen LogP contribution is 2.39. The van der Waals surface area contributed by atoms with E-state index in [4.69, 9.17) is 4.74 Å². The van der Waals surface area contributed by atoms with Gasteiger partial charge in [-0.3, -0.25) is 0 Å². The van der Waals surface area contributed by atoms with E-state index >= 15 is 0 Å². The number of thiophene rings is 1. The molecule has 1 aliphatic rings. The van der Waals surface area contributed by atoms with E-state index in [1.54, 1.807) is 11.3 Å². The summed E-state index contributed by atoms with van der Waals surface area (Å²) in [5.41, 5.74) is 4.86. The van der Waals surface area contributed by atoms with Crippen molar-refractivity contribution in [1.82, 2.24) is 10.3 Å². The first kappa shape index (κ1) is 15.6. The number of fused-ring (bicyclic) bond motifs is 1. The number of rotatable bonds is 3. The molecule has 1 atom stereocenters. The number of aryl methyl sites for hydroxylation is 2. The first-order valence-corrected chi connectivity index (χ1v) is 9.41. The Morgan fingerprint density at radius 1 is 1.21 bits per heavy atom. The number of aromatic nitrogens is 1. The number of hydrogen-bond acceptors (Lipinski definition) is 4. The molecular formula is C20H22N2OS. The van der Waals surface area contributed by atoms with E-state index < -0.39 is 0 Å². The van der Waals surface area contributed by atoms with Crippen LogP contribution in [0.3, 0.4) is 0 Å². The fourth-order valence-corrected chi connectivity index (χ4v) is 4.27. The Labute approximate surface area is 146 Å². The smallest absolute Gasteiger partial charge is 0.130 e. The molecule has 1 fully saturated rings. The lowest BCUT2D eigenvalue weighted by Gasteiger charge is -2.26. The molecule has 0 spiro atoms. The third-order valence-corrected chi connectivity index (χ3v) is 5.43. The molecule has 4 heteroatoms. The number of pyridine rings is 1. The number of hydrogen-bond donors (Lipinski definition) is 1. The van der Waals surface area contributed by atoms with Crippen molar-refractivity contribution in [2.45, 2.75) is 32.8 Å². The van der Waals surface area contributed by atoms with E-state index in [1.165, 1.54) is 34.1 Å². The molecule has 3 heterocycles. The monoisotopic (exact) mass is 338 g/mol. The van der Waals surface area contributed by atoms with E-state index in [0.717, 1.165) is 30.1 Å². The maximum atomic E-state index is 6.47. The van der Waals surface area contributed by atoms with Crippen LogP contribution >= 0.6 is 11.3 Å². The summed E-state index contributed by atoms with van der Waals surface area (Å²) in [6, 6.07) is 8.72. The minimum Gasteiger partial charge on any atom is -0.488 e. The second kappa shape index (κ2) is 6.54. The lowest BCUT2D eigenvalue weighted by molar-refractivity contribution is 0.167. The largest absolute Gasteiger partial charge is 0.488 e. The van der Waals surface area contributed by atoms with Gasteiger partial charge in [-0.2, -0.15) is 0 Å². The molecule has 0 amide bonds. The molecule has 4 rings (SSSR count). The van der Waals surface area contributed by atoms with Crippen LogP contribution in [0.2, 0.25) is 0 Å². The van der Waals surface area contributed by atoms with Gasteiger partial charge in [0.15, 0.2) is 0 Å². The summed E-state index contributed by atoms with van der Waals surface area (Å²) in [6.07, 6.45) is 4.44. The molecule has 0 bridgehead atoms. The van der Waals surface area contributed by atoms with Gasteiger partial charge in [-0.25, -0.2) is 4.98 Å². The molecule has 0 unspecified atom stereocenters. The molecule has 0 aliphatic carbocycles. The first-order valence-electron chi connectivity index (χ1n) is 8.53. The second-order valence-corrected chi connectivity index (χ2v) is 7.44. The quantitative estimate of drug-likeness (QED) is 0.751. The molecule has 2 aromatic heterocycles. The number of benzene rings is 1. The zero-order valence-corrected chi connectivity index (χ0v) is 15.0.